The molecule has 0 atom stereocenters. The Morgan fingerprint density at radius 2 is 1.42 bits per heavy atom. The molecule has 10 heteroatoms. The van der Waals surface area contributed by atoms with E-state index < -0.39 is 26.0 Å². The lowest BCUT2D eigenvalue weighted by Crippen LogP contribution is -2.20. The summed E-state index contributed by atoms with van der Waals surface area (Å²) in [4.78, 5) is 12.3. The molecule has 3 N–H and O–H groups in total. The zero-order valence-electron chi connectivity index (χ0n) is 16.8. The summed E-state index contributed by atoms with van der Waals surface area (Å²) >= 11 is 0. The molecule has 8 nitrogen and oxygen atoms in total. The Kier molecular flexibility index (Phi) is 6.44. The number of para-hydroxylation sites is 1. The van der Waals surface area contributed by atoms with E-state index in [1.54, 1.807) is 30.3 Å². The highest BCUT2D eigenvalue weighted by molar-refractivity contribution is 7.93. The molecule has 0 aliphatic carbocycles. The van der Waals surface area contributed by atoms with Crippen molar-refractivity contribution in [3.63, 3.8) is 0 Å². The van der Waals surface area contributed by atoms with Crippen LogP contribution in [0.3, 0.4) is 0 Å². The van der Waals surface area contributed by atoms with Crippen molar-refractivity contribution < 1.29 is 21.6 Å². The summed E-state index contributed by atoms with van der Waals surface area (Å²) in [5, 5.41) is 2.74. The largest absolute Gasteiger partial charge is 0.322 e. The number of rotatable bonds is 7. The third-order valence-electron chi connectivity index (χ3n) is 4.39. The molecule has 0 radical (unpaired) electrons. The standard InChI is InChI=1S/C21H21N3O5S2/c1-15-7-5-8-16(13-15)23-21(25)19-11-3-4-12-20(19)24-31(28,29)18-10-6-9-17(14-18)30(26,27)22-2/h3-14,22,24H,1-2H3,(H,23,25). The van der Waals surface area contributed by atoms with E-state index in [2.05, 4.69) is 14.8 Å². The average molecular weight is 460 g/mol. The van der Waals surface area contributed by atoms with Gasteiger partial charge in [-0.25, -0.2) is 21.6 Å². The molecule has 0 fully saturated rings. The van der Waals surface area contributed by atoms with Crippen molar-refractivity contribution in [2.75, 3.05) is 17.1 Å². The second-order valence-corrected chi connectivity index (χ2v) is 10.2. The number of carbonyl (C=O) groups is 1. The van der Waals surface area contributed by atoms with E-state index in [0.29, 0.717) is 5.69 Å². The summed E-state index contributed by atoms with van der Waals surface area (Å²) in [5.74, 6) is -0.490. The lowest BCUT2D eigenvalue weighted by molar-refractivity contribution is 0.102. The summed E-state index contributed by atoms with van der Waals surface area (Å²) < 4.78 is 54.3. The monoisotopic (exact) mass is 459 g/mol. The molecule has 3 aromatic rings. The van der Waals surface area contributed by atoms with Gasteiger partial charge >= 0.3 is 0 Å². The van der Waals surface area contributed by atoms with Crippen LogP contribution in [0, 0.1) is 6.92 Å². The highest BCUT2D eigenvalue weighted by Crippen LogP contribution is 2.23. The molecule has 0 spiro atoms. The smallest absolute Gasteiger partial charge is 0.261 e. The molecule has 0 heterocycles. The van der Waals surface area contributed by atoms with Gasteiger partial charge in [-0.2, -0.15) is 0 Å². The minimum absolute atomic E-state index is 0.0644. The molecule has 0 saturated carbocycles. The Labute approximate surface area is 181 Å². The number of hydrogen-bond donors (Lipinski definition) is 3. The van der Waals surface area contributed by atoms with Crippen LogP contribution in [-0.4, -0.2) is 29.8 Å². The molecule has 0 unspecified atom stereocenters. The molecule has 0 aliphatic rings. The van der Waals surface area contributed by atoms with Crippen molar-refractivity contribution in [3.05, 3.63) is 83.9 Å². The SMILES string of the molecule is CNS(=O)(=O)c1cccc(S(=O)(=O)Nc2ccccc2C(=O)Nc2cccc(C)c2)c1. The van der Waals surface area contributed by atoms with E-state index >= 15 is 0 Å². The van der Waals surface area contributed by atoms with Crippen LogP contribution in [0.2, 0.25) is 0 Å². The summed E-state index contributed by atoms with van der Waals surface area (Å²) in [6.07, 6.45) is 0. The first-order valence-corrected chi connectivity index (χ1v) is 12.1. The fourth-order valence-corrected chi connectivity index (χ4v) is 4.80. The first kappa shape index (κ1) is 22.5. The fraction of sp³-hybridized carbons (Fsp3) is 0.0952. The van der Waals surface area contributed by atoms with Crippen LogP contribution in [-0.2, 0) is 20.0 Å². The number of amides is 1. The van der Waals surface area contributed by atoms with Crippen molar-refractivity contribution in [2.24, 2.45) is 0 Å². The molecule has 3 aromatic carbocycles. The lowest BCUT2D eigenvalue weighted by atomic mass is 10.1. The molecular weight excluding hydrogens is 438 g/mol. The third-order valence-corrected chi connectivity index (χ3v) is 7.16. The Hall–Kier alpha value is -3.21. The number of aryl methyl sites for hydroxylation is 1. The topological polar surface area (TPSA) is 121 Å². The number of carbonyl (C=O) groups excluding carboxylic acids is 1. The molecule has 0 aromatic heterocycles. The second kappa shape index (κ2) is 8.88. The van der Waals surface area contributed by atoms with E-state index in [4.69, 9.17) is 0 Å². The van der Waals surface area contributed by atoms with Gasteiger partial charge in [0.25, 0.3) is 15.9 Å². The third kappa shape index (κ3) is 5.29. The highest BCUT2D eigenvalue weighted by atomic mass is 32.2. The van der Waals surface area contributed by atoms with Gasteiger partial charge in [-0.1, -0.05) is 30.3 Å². The number of hydrogen-bond acceptors (Lipinski definition) is 5. The van der Waals surface area contributed by atoms with E-state index in [9.17, 15) is 21.6 Å². The summed E-state index contributed by atoms with van der Waals surface area (Å²) in [7, 11) is -6.75. The molecule has 0 bridgehead atoms. The highest BCUT2D eigenvalue weighted by Gasteiger charge is 2.21. The van der Waals surface area contributed by atoms with Crippen molar-refractivity contribution in [3.8, 4) is 0 Å². The summed E-state index contributed by atoms with van der Waals surface area (Å²) in [5.41, 5.74) is 1.72. The molecule has 162 valence electrons. The number of anilines is 2. The fourth-order valence-electron chi connectivity index (χ4n) is 2.82. The van der Waals surface area contributed by atoms with Gasteiger partial charge in [0, 0.05) is 5.69 Å². The number of nitrogens with one attached hydrogen (secondary N) is 3. The minimum Gasteiger partial charge on any atom is -0.322 e. The maximum absolute atomic E-state index is 12.9. The molecular formula is C21H21N3O5S2. The Balaban J connectivity index is 1.91. The molecule has 3 rings (SSSR count). The first-order valence-electron chi connectivity index (χ1n) is 9.16. The zero-order valence-corrected chi connectivity index (χ0v) is 18.4. The van der Waals surface area contributed by atoms with Gasteiger partial charge in [-0.05, 0) is 62.0 Å². The van der Waals surface area contributed by atoms with Crippen LogP contribution >= 0.6 is 0 Å². The Morgan fingerprint density at radius 3 is 2.10 bits per heavy atom. The average Bonchev–Trinajstić information content (AvgIpc) is 2.74. The zero-order chi connectivity index (χ0) is 22.6. The maximum atomic E-state index is 12.9. The van der Waals surface area contributed by atoms with Crippen LogP contribution < -0.4 is 14.8 Å². The quantitative estimate of drug-likeness (QED) is 0.502. The number of benzene rings is 3. The van der Waals surface area contributed by atoms with E-state index in [0.717, 1.165) is 11.6 Å². The minimum atomic E-state index is -4.16. The molecule has 31 heavy (non-hydrogen) atoms. The lowest BCUT2D eigenvalue weighted by Gasteiger charge is -2.13. The van der Waals surface area contributed by atoms with Gasteiger partial charge in [0.1, 0.15) is 0 Å². The van der Waals surface area contributed by atoms with Crippen molar-refractivity contribution in [1.82, 2.24) is 4.72 Å². The van der Waals surface area contributed by atoms with Crippen LogP contribution in [0.1, 0.15) is 15.9 Å². The molecule has 1 amide bonds. The van der Waals surface area contributed by atoms with Crippen molar-refractivity contribution in [1.29, 1.82) is 0 Å². The van der Waals surface area contributed by atoms with E-state index in [-0.39, 0.29) is 21.0 Å². The molecule has 0 saturated heterocycles. The Morgan fingerprint density at radius 1 is 0.774 bits per heavy atom. The van der Waals surface area contributed by atoms with Gasteiger partial charge in [-0.3, -0.25) is 9.52 Å². The van der Waals surface area contributed by atoms with Gasteiger partial charge in [0.05, 0.1) is 21.0 Å². The summed E-state index contributed by atoms with van der Waals surface area (Å²) in [6, 6.07) is 18.3. The van der Waals surface area contributed by atoms with E-state index in [1.807, 2.05) is 13.0 Å². The Bertz CT molecular complexity index is 1340. The summed E-state index contributed by atoms with van der Waals surface area (Å²) in [6.45, 7) is 1.89. The normalized spacial score (nSPS) is 11.7. The van der Waals surface area contributed by atoms with E-state index in [1.165, 1.54) is 37.4 Å². The predicted octanol–water partition coefficient (Wildman–Crippen LogP) is 2.96. The van der Waals surface area contributed by atoms with Gasteiger partial charge in [0.15, 0.2) is 0 Å². The van der Waals surface area contributed by atoms with Crippen LogP contribution in [0.5, 0.6) is 0 Å². The van der Waals surface area contributed by atoms with Crippen LogP contribution in [0.25, 0.3) is 0 Å². The molecule has 0 aliphatic heterocycles. The van der Waals surface area contributed by atoms with Gasteiger partial charge in [0.2, 0.25) is 10.0 Å². The maximum Gasteiger partial charge on any atom is 0.261 e. The number of sulfonamides is 2. The van der Waals surface area contributed by atoms with Crippen LogP contribution in [0.4, 0.5) is 11.4 Å². The van der Waals surface area contributed by atoms with Crippen molar-refractivity contribution in [2.45, 2.75) is 16.7 Å². The van der Waals surface area contributed by atoms with Gasteiger partial charge in [-0.15, -0.1) is 0 Å². The predicted molar refractivity (Wildman–Crippen MR) is 119 cm³/mol. The van der Waals surface area contributed by atoms with Gasteiger partial charge < -0.3 is 5.32 Å². The first-order chi connectivity index (χ1) is 14.6. The second-order valence-electron chi connectivity index (χ2n) is 6.66. The van der Waals surface area contributed by atoms with Crippen molar-refractivity contribution >= 4 is 37.3 Å². The van der Waals surface area contributed by atoms with Crippen LogP contribution in [0.15, 0.2) is 82.6 Å².